The lowest BCUT2D eigenvalue weighted by molar-refractivity contribution is -0.142. The van der Waals surface area contributed by atoms with Gasteiger partial charge in [0.25, 0.3) is 5.91 Å². The minimum absolute atomic E-state index is 0.00641. The summed E-state index contributed by atoms with van der Waals surface area (Å²) in [6.07, 6.45) is 4.63. The predicted octanol–water partition coefficient (Wildman–Crippen LogP) is 4.18. The summed E-state index contributed by atoms with van der Waals surface area (Å²) in [6, 6.07) is 10.1. The zero-order valence-corrected chi connectivity index (χ0v) is 15.9. The van der Waals surface area contributed by atoms with Gasteiger partial charge in [0.05, 0.1) is 19.0 Å². The quantitative estimate of drug-likeness (QED) is 0.406. The van der Waals surface area contributed by atoms with Gasteiger partial charge in [-0.2, -0.15) is 0 Å². The van der Waals surface area contributed by atoms with E-state index in [0.29, 0.717) is 23.7 Å². The van der Waals surface area contributed by atoms with E-state index in [1.165, 1.54) is 12.3 Å². The van der Waals surface area contributed by atoms with Crippen LogP contribution in [0.2, 0.25) is 0 Å². The summed E-state index contributed by atoms with van der Waals surface area (Å²) in [5.41, 5.74) is 0.410. The van der Waals surface area contributed by atoms with Crippen LogP contribution in [0.25, 0.3) is 6.08 Å². The van der Waals surface area contributed by atoms with Crippen molar-refractivity contribution in [1.82, 2.24) is 5.32 Å². The molecule has 1 aromatic heterocycles. The lowest BCUT2D eigenvalue weighted by Gasteiger charge is -2.12. The maximum Gasteiger partial charge on any atom is 0.355 e. The van der Waals surface area contributed by atoms with Crippen LogP contribution in [-0.2, 0) is 9.53 Å². The van der Waals surface area contributed by atoms with Crippen molar-refractivity contribution in [3.05, 3.63) is 59.7 Å². The van der Waals surface area contributed by atoms with Crippen molar-refractivity contribution in [1.29, 1.82) is 0 Å². The Bertz CT molecular complexity index is 760. The molecular weight excluding hydrogens is 346 g/mol. The van der Waals surface area contributed by atoms with E-state index in [1.54, 1.807) is 50.2 Å². The average Bonchev–Trinajstić information content (AvgIpc) is 3.14. The number of benzene rings is 1. The lowest BCUT2D eigenvalue weighted by Crippen LogP contribution is -2.29. The SMILES string of the molecule is CCCCOc1ccc(C(=O)N/C(=C/c2ccco2)C(=O)OC(C)C)cc1. The molecule has 0 atom stereocenters. The second-order valence-electron chi connectivity index (χ2n) is 6.21. The summed E-state index contributed by atoms with van der Waals surface area (Å²) in [7, 11) is 0. The molecule has 0 saturated heterocycles. The van der Waals surface area contributed by atoms with Gasteiger partial charge in [-0.1, -0.05) is 13.3 Å². The van der Waals surface area contributed by atoms with Gasteiger partial charge < -0.3 is 19.2 Å². The molecule has 1 heterocycles. The second kappa shape index (κ2) is 10.2. The van der Waals surface area contributed by atoms with E-state index in [1.807, 2.05) is 0 Å². The first-order valence-electron chi connectivity index (χ1n) is 9.00. The summed E-state index contributed by atoms with van der Waals surface area (Å²) < 4.78 is 16.0. The first-order valence-corrected chi connectivity index (χ1v) is 9.00. The Labute approximate surface area is 159 Å². The van der Waals surface area contributed by atoms with Gasteiger partial charge in [0, 0.05) is 11.6 Å². The number of hydrogen-bond acceptors (Lipinski definition) is 5. The Morgan fingerprint density at radius 1 is 1.19 bits per heavy atom. The van der Waals surface area contributed by atoms with Gasteiger partial charge >= 0.3 is 5.97 Å². The van der Waals surface area contributed by atoms with Crippen molar-refractivity contribution in [2.75, 3.05) is 6.61 Å². The third kappa shape index (κ3) is 6.66. The summed E-state index contributed by atoms with van der Waals surface area (Å²) in [4.78, 5) is 24.8. The first-order chi connectivity index (χ1) is 13.0. The molecule has 2 aromatic rings. The molecular formula is C21H25NO5. The molecule has 0 aliphatic rings. The maximum atomic E-state index is 12.5. The number of nitrogens with one attached hydrogen (secondary N) is 1. The molecule has 1 amide bonds. The number of furan rings is 1. The van der Waals surface area contributed by atoms with E-state index in [2.05, 4.69) is 12.2 Å². The smallest absolute Gasteiger partial charge is 0.355 e. The second-order valence-corrected chi connectivity index (χ2v) is 6.21. The van der Waals surface area contributed by atoms with Crippen LogP contribution < -0.4 is 10.1 Å². The fraction of sp³-hybridized carbons (Fsp3) is 0.333. The highest BCUT2D eigenvalue weighted by Crippen LogP contribution is 2.14. The molecule has 6 nitrogen and oxygen atoms in total. The van der Waals surface area contributed by atoms with Crippen LogP contribution in [-0.4, -0.2) is 24.6 Å². The topological polar surface area (TPSA) is 77.8 Å². The Morgan fingerprint density at radius 2 is 1.93 bits per heavy atom. The molecule has 0 bridgehead atoms. The molecule has 0 spiro atoms. The van der Waals surface area contributed by atoms with Crippen molar-refractivity contribution in [2.45, 2.75) is 39.7 Å². The van der Waals surface area contributed by atoms with Crippen LogP contribution in [0.4, 0.5) is 0 Å². The van der Waals surface area contributed by atoms with Crippen molar-refractivity contribution in [3.8, 4) is 5.75 Å². The van der Waals surface area contributed by atoms with Crippen molar-refractivity contribution < 1.29 is 23.5 Å². The van der Waals surface area contributed by atoms with Crippen LogP contribution >= 0.6 is 0 Å². The molecule has 1 N–H and O–H groups in total. The predicted molar refractivity (Wildman–Crippen MR) is 102 cm³/mol. The molecule has 2 rings (SSSR count). The van der Waals surface area contributed by atoms with E-state index >= 15 is 0 Å². The number of carbonyl (C=O) groups is 2. The van der Waals surface area contributed by atoms with Crippen molar-refractivity contribution in [3.63, 3.8) is 0 Å². The minimum atomic E-state index is -0.630. The van der Waals surface area contributed by atoms with Gasteiger partial charge in [-0.15, -0.1) is 0 Å². The van der Waals surface area contributed by atoms with Gasteiger partial charge in [-0.3, -0.25) is 4.79 Å². The van der Waals surface area contributed by atoms with Crippen LogP contribution in [0.1, 0.15) is 49.7 Å². The number of amides is 1. The third-order valence-electron chi connectivity index (χ3n) is 3.52. The van der Waals surface area contributed by atoms with E-state index in [4.69, 9.17) is 13.9 Å². The molecule has 0 saturated carbocycles. The third-order valence-corrected chi connectivity index (χ3v) is 3.52. The molecule has 0 aliphatic carbocycles. The van der Waals surface area contributed by atoms with Crippen LogP contribution in [0.15, 0.2) is 52.8 Å². The Balaban J connectivity index is 2.09. The number of esters is 1. The van der Waals surface area contributed by atoms with E-state index in [9.17, 15) is 9.59 Å². The molecule has 0 radical (unpaired) electrons. The normalized spacial score (nSPS) is 11.3. The summed E-state index contributed by atoms with van der Waals surface area (Å²) >= 11 is 0. The van der Waals surface area contributed by atoms with E-state index in [-0.39, 0.29) is 11.8 Å². The highest BCUT2D eigenvalue weighted by Gasteiger charge is 2.17. The zero-order chi connectivity index (χ0) is 19.6. The molecule has 1 aromatic carbocycles. The maximum absolute atomic E-state index is 12.5. The molecule has 0 fully saturated rings. The van der Waals surface area contributed by atoms with Gasteiger partial charge in [0.2, 0.25) is 0 Å². The number of rotatable bonds is 9. The molecule has 0 aliphatic heterocycles. The zero-order valence-electron chi connectivity index (χ0n) is 15.9. The Hall–Kier alpha value is -3.02. The number of carbonyl (C=O) groups excluding carboxylic acids is 2. The minimum Gasteiger partial charge on any atom is -0.494 e. The molecule has 27 heavy (non-hydrogen) atoms. The number of ether oxygens (including phenoxy) is 2. The summed E-state index contributed by atoms with van der Waals surface area (Å²) in [5, 5.41) is 2.60. The van der Waals surface area contributed by atoms with Crippen LogP contribution in [0, 0.1) is 0 Å². The lowest BCUT2D eigenvalue weighted by atomic mass is 10.2. The van der Waals surface area contributed by atoms with Crippen molar-refractivity contribution >= 4 is 18.0 Å². The Kier molecular flexibility index (Phi) is 7.67. The largest absolute Gasteiger partial charge is 0.494 e. The molecule has 144 valence electrons. The number of unbranched alkanes of at least 4 members (excludes halogenated alkanes) is 1. The van der Waals surface area contributed by atoms with Gasteiger partial charge in [0.15, 0.2) is 0 Å². The standard InChI is InChI=1S/C21H25NO5/c1-4-5-12-25-17-10-8-16(9-11-17)20(23)22-19(21(24)27-15(2)3)14-18-7-6-13-26-18/h6-11,13-15H,4-5,12H2,1-3H3,(H,22,23)/b19-14+. The van der Waals surface area contributed by atoms with E-state index < -0.39 is 11.9 Å². The highest BCUT2D eigenvalue weighted by atomic mass is 16.5. The van der Waals surface area contributed by atoms with Crippen molar-refractivity contribution in [2.24, 2.45) is 0 Å². The monoisotopic (exact) mass is 371 g/mol. The van der Waals surface area contributed by atoms with Gasteiger partial charge in [-0.05, 0) is 56.7 Å². The van der Waals surface area contributed by atoms with Crippen LogP contribution in [0.3, 0.4) is 0 Å². The fourth-order valence-corrected chi connectivity index (χ4v) is 2.17. The summed E-state index contributed by atoms with van der Waals surface area (Å²) in [5.74, 6) is 0.0825. The summed E-state index contributed by atoms with van der Waals surface area (Å²) in [6.45, 7) is 6.21. The first kappa shape index (κ1) is 20.3. The Morgan fingerprint density at radius 3 is 2.52 bits per heavy atom. The fourth-order valence-electron chi connectivity index (χ4n) is 2.17. The highest BCUT2D eigenvalue weighted by molar-refractivity contribution is 6.03. The van der Waals surface area contributed by atoms with Gasteiger partial charge in [0.1, 0.15) is 17.2 Å². The van der Waals surface area contributed by atoms with E-state index in [0.717, 1.165) is 12.8 Å². The van der Waals surface area contributed by atoms with Crippen LogP contribution in [0.5, 0.6) is 5.75 Å². The molecule has 0 unspecified atom stereocenters. The number of hydrogen-bond donors (Lipinski definition) is 1. The van der Waals surface area contributed by atoms with Gasteiger partial charge in [-0.25, -0.2) is 4.79 Å². The molecule has 6 heteroatoms. The average molecular weight is 371 g/mol.